The first-order valence-electron chi connectivity index (χ1n) is 13.4. The molecule has 1 aliphatic rings. The molecule has 1 fully saturated rings. The molecule has 0 saturated carbocycles. The maximum Gasteiger partial charge on any atom is 0.253 e. The number of hydrogen-bond acceptors (Lipinski definition) is 9. The molecular weight excluding hydrogens is 522 g/mol. The van der Waals surface area contributed by atoms with Crippen LogP contribution in [-0.2, 0) is 4.79 Å². The zero-order valence-corrected chi connectivity index (χ0v) is 24.8. The number of nitrogens with one attached hydrogen (secondary N) is 3. The lowest BCUT2D eigenvalue weighted by Crippen LogP contribution is -2.41. The summed E-state index contributed by atoms with van der Waals surface area (Å²) < 4.78 is 6.62. The molecule has 3 N–H and O–H groups in total. The largest absolute Gasteiger partial charge is 0.494 e. The number of anilines is 4. The van der Waals surface area contributed by atoms with Crippen LogP contribution in [0.4, 0.5) is 23.1 Å². The van der Waals surface area contributed by atoms with Crippen LogP contribution in [0, 0.1) is 0 Å². The number of benzene rings is 1. The molecule has 2 aromatic heterocycles. The van der Waals surface area contributed by atoms with E-state index in [1.807, 2.05) is 31.4 Å². The van der Waals surface area contributed by atoms with Crippen molar-refractivity contribution in [3.05, 3.63) is 66.2 Å². The zero-order valence-electron chi connectivity index (χ0n) is 24.0. The maximum absolute atomic E-state index is 12.8. The number of rotatable bonds is 11. The Balaban J connectivity index is 1.61. The van der Waals surface area contributed by atoms with E-state index < -0.39 is 0 Å². The lowest BCUT2D eigenvalue weighted by atomic mass is 10.0. The van der Waals surface area contributed by atoms with Crippen molar-refractivity contribution in [3.8, 4) is 5.75 Å². The van der Waals surface area contributed by atoms with Crippen LogP contribution in [0.2, 0.25) is 0 Å². The van der Waals surface area contributed by atoms with Gasteiger partial charge in [-0.3, -0.25) is 4.79 Å². The SMILES string of the molecule is C=C/C(Nc1nc(Nc2ccc(N3CCC(N(C)C)CC3)cc2OC)nc2ccsc12)=C(\C=C)C(=O)NC(C)C. The Labute approximate surface area is 240 Å². The van der Waals surface area contributed by atoms with Crippen LogP contribution in [0.5, 0.6) is 5.75 Å². The van der Waals surface area contributed by atoms with Gasteiger partial charge >= 0.3 is 0 Å². The number of amides is 1. The quantitative estimate of drug-likeness (QED) is 0.208. The van der Waals surface area contributed by atoms with E-state index in [0.29, 0.717) is 34.8 Å². The first kappa shape index (κ1) is 29.1. The number of piperidine rings is 1. The molecule has 212 valence electrons. The van der Waals surface area contributed by atoms with Gasteiger partial charge in [0.05, 0.1) is 34.3 Å². The molecule has 0 aliphatic carbocycles. The Kier molecular flexibility index (Phi) is 9.44. The van der Waals surface area contributed by atoms with Crippen molar-refractivity contribution in [2.75, 3.05) is 49.8 Å². The average molecular weight is 562 g/mol. The van der Waals surface area contributed by atoms with Crippen LogP contribution in [-0.4, -0.2) is 67.2 Å². The van der Waals surface area contributed by atoms with E-state index >= 15 is 0 Å². The second-order valence-corrected chi connectivity index (χ2v) is 11.1. The molecule has 4 rings (SSSR count). The number of carbonyl (C=O) groups excluding carboxylic acids is 1. The predicted octanol–water partition coefficient (Wildman–Crippen LogP) is 5.54. The van der Waals surface area contributed by atoms with E-state index in [2.05, 4.69) is 65.1 Å². The molecule has 9 nitrogen and oxygen atoms in total. The van der Waals surface area contributed by atoms with Crippen molar-refractivity contribution in [1.29, 1.82) is 0 Å². The Morgan fingerprint density at radius 3 is 2.55 bits per heavy atom. The number of aromatic nitrogens is 2. The van der Waals surface area contributed by atoms with Crippen molar-refractivity contribution < 1.29 is 9.53 Å². The highest BCUT2D eigenvalue weighted by Crippen LogP contribution is 2.35. The number of hydrogen-bond donors (Lipinski definition) is 3. The lowest BCUT2D eigenvalue weighted by Gasteiger charge is -2.36. The number of nitrogens with zero attached hydrogens (tertiary/aromatic N) is 4. The van der Waals surface area contributed by atoms with E-state index in [4.69, 9.17) is 14.7 Å². The lowest BCUT2D eigenvalue weighted by molar-refractivity contribution is -0.117. The molecule has 1 amide bonds. The summed E-state index contributed by atoms with van der Waals surface area (Å²) in [4.78, 5) is 27.0. The standard InChI is InChI=1S/C30H39N7O2S/c1-8-22(29(38)31-19(3)4)23(9-2)32-28-27-25(14-17-40-27)34-30(35-28)33-24-11-10-21(18-26(24)39-7)37-15-12-20(13-16-37)36(5)6/h8-11,14,17-20H,1-2,12-13,15-16H2,3-7H3,(H,31,38)(H2,32,33,34,35)/b23-22-. The van der Waals surface area contributed by atoms with Crippen LogP contribution in [0.3, 0.4) is 0 Å². The third-order valence-electron chi connectivity index (χ3n) is 6.91. The fourth-order valence-corrected chi connectivity index (χ4v) is 5.54. The average Bonchev–Trinajstić information content (AvgIpc) is 3.41. The summed E-state index contributed by atoms with van der Waals surface area (Å²) in [5.74, 6) is 1.44. The van der Waals surface area contributed by atoms with Gasteiger partial charge in [0.1, 0.15) is 5.75 Å². The summed E-state index contributed by atoms with van der Waals surface area (Å²) in [5, 5.41) is 11.5. The summed E-state index contributed by atoms with van der Waals surface area (Å²) in [7, 11) is 5.96. The maximum atomic E-state index is 12.8. The molecule has 0 spiro atoms. The Hall–Kier alpha value is -3.89. The molecule has 0 atom stereocenters. The van der Waals surface area contributed by atoms with Gasteiger partial charge in [-0.1, -0.05) is 19.2 Å². The van der Waals surface area contributed by atoms with E-state index in [0.717, 1.165) is 47.5 Å². The van der Waals surface area contributed by atoms with E-state index in [-0.39, 0.29) is 11.9 Å². The van der Waals surface area contributed by atoms with Gasteiger partial charge in [-0.05, 0) is 70.4 Å². The van der Waals surface area contributed by atoms with Crippen molar-refractivity contribution in [2.45, 2.75) is 38.8 Å². The summed E-state index contributed by atoms with van der Waals surface area (Å²) >= 11 is 1.52. The minimum Gasteiger partial charge on any atom is -0.494 e. The van der Waals surface area contributed by atoms with Gasteiger partial charge in [-0.15, -0.1) is 11.3 Å². The van der Waals surface area contributed by atoms with Crippen LogP contribution in [0.1, 0.15) is 26.7 Å². The van der Waals surface area contributed by atoms with Gasteiger partial charge in [0, 0.05) is 36.9 Å². The van der Waals surface area contributed by atoms with Crippen molar-refractivity contribution in [3.63, 3.8) is 0 Å². The van der Waals surface area contributed by atoms with E-state index in [1.165, 1.54) is 17.4 Å². The second kappa shape index (κ2) is 13.0. The van der Waals surface area contributed by atoms with Crippen molar-refractivity contribution >= 4 is 50.6 Å². The van der Waals surface area contributed by atoms with Crippen LogP contribution < -0.4 is 25.6 Å². The van der Waals surface area contributed by atoms with Gasteiger partial charge in [-0.2, -0.15) is 4.98 Å². The minimum atomic E-state index is -0.238. The molecule has 0 unspecified atom stereocenters. The number of ether oxygens (including phenoxy) is 1. The summed E-state index contributed by atoms with van der Waals surface area (Å²) in [6, 6.07) is 8.70. The molecule has 3 heterocycles. The Morgan fingerprint density at radius 1 is 1.18 bits per heavy atom. The predicted molar refractivity (Wildman–Crippen MR) is 167 cm³/mol. The highest BCUT2D eigenvalue weighted by atomic mass is 32.1. The minimum absolute atomic E-state index is 0.0152. The molecule has 1 saturated heterocycles. The summed E-state index contributed by atoms with van der Waals surface area (Å²) in [6.07, 6.45) is 5.37. The molecule has 0 radical (unpaired) electrons. The monoisotopic (exact) mass is 561 g/mol. The zero-order chi connectivity index (χ0) is 28.8. The fourth-order valence-electron chi connectivity index (χ4n) is 4.77. The number of thiophene rings is 1. The van der Waals surface area contributed by atoms with Gasteiger partial charge in [0.15, 0.2) is 5.82 Å². The van der Waals surface area contributed by atoms with Crippen LogP contribution in [0.25, 0.3) is 10.2 Å². The number of carbonyl (C=O) groups is 1. The third kappa shape index (κ3) is 6.63. The van der Waals surface area contributed by atoms with Crippen molar-refractivity contribution in [1.82, 2.24) is 20.2 Å². The van der Waals surface area contributed by atoms with E-state index in [1.54, 1.807) is 13.2 Å². The van der Waals surface area contributed by atoms with E-state index in [9.17, 15) is 4.79 Å². The first-order valence-corrected chi connectivity index (χ1v) is 14.3. The highest BCUT2D eigenvalue weighted by Gasteiger charge is 2.22. The second-order valence-electron chi connectivity index (χ2n) is 10.2. The van der Waals surface area contributed by atoms with Gasteiger partial charge in [0.25, 0.3) is 5.91 Å². The molecule has 1 aliphatic heterocycles. The number of allylic oxidation sites excluding steroid dienone is 1. The normalized spacial score (nSPS) is 14.7. The number of fused-ring (bicyclic) bond motifs is 1. The smallest absolute Gasteiger partial charge is 0.253 e. The van der Waals surface area contributed by atoms with Gasteiger partial charge < -0.3 is 30.5 Å². The van der Waals surface area contributed by atoms with Crippen LogP contribution >= 0.6 is 11.3 Å². The third-order valence-corrected chi connectivity index (χ3v) is 7.82. The Bertz CT molecular complexity index is 1400. The topological polar surface area (TPSA) is 94.7 Å². The van der Waals surface area contributed by atoms with Crippen LogP contribution in [0.15, 0.2) is 66.2 Å². The highest BCUT2D eigenvalue weighted by molar-refractivity contribution is 7.17. The number of methoxy groups -OCH3 is 1. The Morgan fingerprint density at radius 2 is 1.93 bits per heavy atom. The van der Waals surface area contributed by atoms with Gasteiger partial charge in [0.2, 0.25) is 5.95 Å². The molecule has 0 bridgehead atoms. The van der Waals surface area contributed by atoms with Crippen molar-refractivity contribution in [2.24, 2.45) is 0 Å². The fraction of sp³-hybridized carbons (Fsp3) is 0.367. The molecule has 3 aromatic rings. The molecule has 1 aromatic carbocycles. The van der Waals surface area contributed by atoms with Gasteiger partial charge in [-0.25, -0.2) is 4.98 Å². The molecule has 10 heteroatoms. The molecular formula is C30H39N7O2S. The summed E-state index contributed by atoms with van der Waals surface area (Å²) in [6.45, 7) is 13.6. The summed E-state index contributed by atoms with van der Waals surface area (Å²) in [5.41, 5.74) is 3.56. The molecule has 40 heavy (non-hydrogen) atoms. The first-order chi connectivity index (χ1) is 19.2.